The van der Waals surface area contributed by atoms with Crippen LogP contribution in [0.15, 0.2) is 36.5 Å². The molecule has 0 fully saturated rings. The third-order valence-electron chi connectivity index (χ3n) is 2.87. The summed E-state index contributed by atoms with van der Waals surface area (Å²) in [5.41, 5.74) is 2.15. The fourth-order valence-corrected chi connectivity index (χ4v) is 1.82. The third-order valence-corrected chi connectivity index (χ3v) is 2.87. The minimum absolute atomic E-state index is 0.234. The fraction of sp³-hybridized carbons (Fsp3) is 0.250. The molecule has 0 atom stereocenters. The van der Waals surface area contributed by atoms with Gasteiger partial charge in [0.05, 0.1) is 24.7 Å². The maximum absolute atomic E-state index is 11.3. The predicted molar refractivity (Wildman–Crippen MR) is 81.4 cm³/mol. The van der Waals surface area contributed by atoms with Gasteiger partial charge in [-0.15, -0.1) is 0 Å². The number of esters is 1. The summed E-state index contributed by atoms with van der Waals surface area (Å²) < 4.78 is 4.89. The molecule has 6 heteroatoms. The van der Waals surface area contributed by atoms with Crippen LogP contribution in [-0.2, 0) is 16.0 Å². The highest BCUT2D eigenvalue weighted by Crippen LogP contribution is 2.14. The van der Waals surface area contributed by atoms with Crippen molar-refractivity contribution in [1.29, 1.82) is 5.26 Å². The van der Waals surface area contributed by atoms with Crippen LogP contribution in [0.2, 0.25) is 0 Å². The number of rotatable bonds is 6. The third kappa shape index (κ3) is 4.56. The summed E-state index contributed by atoms with van der Waals surface area (Å²) in [6, 6.07) is 10.8. The number of nitrogens with zero attached hydrogens (tertiary/aromatic N) is 3. The molecule has 0 aliphatic heterocycles. The summed E-state index contributed by atoms with van der Waals surface area (Å²) in [5.74, 6) is 0.216. The van der Waals surface area contributed by atoms with Crippen LogP contribution in [-0.4, -0.2) is 22.5 Å². The molecular formula is C16H16N4O2. The summed E-state index contributed by atoms with van der Waals surface area (Å²) in [5, 5.41) is 11.8. The molecule has 1 aromatic carbocycles. The van der Waals surface area contributed by atoms with Crippen molar-refractivity contribution in [3.05, 3.63) is 47.8 Å². The Morgan fingerprint density at radius 1 is 1.32 bits per heavy atom. The molecule has 0 saturated carbocycles. The number of aromatic nitrogens is 2. The molecule has 112 valence electrons. The van der Waals surface area contributed by atoms with Gasteiger partial charge in [-0.1, -0.05) is 0 Å². The van der Waals surface area contributed by atoms with Crippen molar-refractivity contribution in [2.24, 2.45) is 0 Å². The number of carbonyl (C=O) groups is 1. The molecular weight excluding hydrogens is 280 g/mol. The van der Waals surface area contributed by atoms with Crippen LogP contribution in [0.25, 0.3) is 0 Å². The molecule has 1 heterocycles. The van der Waals surface area contributed by atoms with Crippen molar-refractivity contribution >= 4 is 17.6 Å². The van der Waals surface area contributed by atoms with Gasteiger partial charge in [-0.25, -0.2) is 9.97 Å². The van der Waals surface area contributed by atoms with E-state index in [9.17, 15) is 4.79 Å². The Bertz CT molecular complexity index is 677. The number of hydrogen-bond acceptors (Lipinski definition) is 6. The monoisotopic (exact) mass is 296 g/mol. The van der Waals surface area contributed by atoms with Crippen LogP contribution in [0.5, 0.6) is 0 Å². The largest absolute Gasteiger partial charge is 0.466 e. The summed E-state index contributed by atoms with van der Waals surface area (Å²) in [4.78, 5) is 19.8. The fourth-order valence-electron chi connectivity index (χ4n) is 1.82. The van der Waals surface area contributed by atoms with E-state index in [2.05, 4.69) is 21.4 Å². The Morgan fingerprint density at radius 2 is 2.09 bits per heavy atom. The highest BCUT2D eigenvalue weighted by molar-refractivity contribution is 5.69. The number of carbonyl (C=O) groups excluding carboxylic acids is 1. The highest BCUT2D eigenvalue weighted by Gasteiger charge is 2.05. The SMILES string of the molecule is CCOC(=O)CCc1ccnc(Nc2ccc(C#N)cc2)n1. The van der Waals surface area contributed by atoms with Crippen LogP contribution >= 0.6 is 0 Å². The number of nitriles is 1. The number of anilines is 2. The molecule has 0 bridgehead atoms. The molecule has 0 saturated heterocycles. The van der Waals surface area contributed by atoms with Gasteiger partial charge in [0.15, 0.2) is 0 Å². The first-order chi connectivity index (χ1) is 10.7. The first-order valence-corrected chi connectivity index (χ1v) is 6.96. The first-order valence-electron chi connectivity index (χ1n) is 6.96. The number of nitrogens with one attached hydrogen (secondary N) is 1. The molecule has 1 aromatic heterocycles. The van der Waals surface area contributed by atoms with E-state index in [0.29, 0.717) is 31.0 Å². The Kier molecular flexibility index (Phi) is 5.44. The Hall–Kier alpha value is -2.94. The van der Waals surface area contributed by atoms with Gasteiger partial charge in [-0.05, 0) is 37.3 Å². The highest BCUT2D eigenvalue weighted by atomic mass is 16.5. The lowest BCUT2D eigenvalue weighted by atomic mass is 10.2. The van der Waals surface area contributed by atoms with E-state index < -0.39 is 0 Å². The normalized spacial score (nSPS) is 9.82. The van der Waals surface area contributed by atoms with Gasteiger partial charge in [-0.2, -0.15) is 5.26 Å². The minimum atomic E-state index is -0.234. The number of aryl methyl sites for hydroxylation is 1. The summed E-state index contributed by atoms with van der Waals surface area (Å²) in [7, 11) is 0. The smallest absolute Gasteiger partial charge is 0.306 e. The lowest BCUT2D eigenvalue weighted by Gasteiger charge is -2.06. The zero-order chi connectivity index (χ0) is 15.8. The zero-order valence-corrected chi connectivity index (χ0v) is 12.2. The van der Waals surface area contributed by atoms with E-state index >= 15 is 0 Å². The van der Waals surface area contributed by atoms with Gasteiger partial charge in [0.2, 0.25) is 5.95 Å². The second-order valence-electron chi connectivity index (χ2n) is 4.49. The minimum Gasteiger partial charge on any atom is -0.466 e. The van der Waals surface area contributed by atoms with E-state index in [1.807, 2.05) is 0 Å². The molecule has 0 aliphatic carbocycles. The van der Waals surface area contributed by atoms with Crippen LogP contribution in [0.1, 0.15) is 24.6 Å². The van der Waals surface area contributed by atoms with Gasteiger partial charge in [0, 0.05) is 24.0 Å². The van der Waals surface area contributed by atoms with Crippen molar-refractivity contribution in [3.8, 4) is 6.07 Å². The maximum atomic E-state index is 11.3. The Labute approximate surface area is 128 Å². The molecule has 1 N–H and O–H groups in total. The number of hydrogen-bond donors (Lipinski definition) is 1. The molecule has 22 heavy (non-hydrogen) atoms. The first kappa shape index (κ1) is 15.4. The van der Waals surface area contributed by atoms with E-state index in [1.54, 1.807) is 43.5 Å². The Morgan fingerprint density at radius 3 is 2.77 bits per heavy atom. The van der Waals surface area contributed by atoms with Gasteiger partial charge in [0.1, 0.15) is 0 Å². The molecule has 2 rings (SSSR count). The maximum Gasteiger partial charge on any atom is 0.306 e. The summed E-state index contributed by atoms with van der Waals surface area (Å²) >= 11 is 0. The lowest BCUT2D eigenvalue weighted by molar-refractivity contribution is -0.143. The number of ether oxygens (including phenoxy) is 1. The van der Waals surface area contributed by atoms with Crippen molar-refractivity contribution in [1.82, 2.24) is 9.97 Å². The van der Waals surface area contributed by atoms with Crippen LogP contribution in [0, 0.1) is 11.3 Å². The van der Waals surface area contributed by atoms with Gasteiger partial charge in [-0.3, -0.25) is 4.79 Å². The summed E-state index contributed by atoms with van der Waals surface area (Å²) in [6.07, 6.45) is 2.43. The van der Waals surface area contributed by atoms with E-state index in [4.69, 9.17) is 10.00 Å². The van der Waals surface area contributed by atoms with Gasteiger partial charge in [0.25, 0.3) is 0 Å². The van der Waals surface area contributed by atoms with Crippen LogP contribution < -0.4 is 5.32 Å². The van der Waals surface area contributed by atoms with E-state index in [0.717, 1.165) is 11.4 Å². The van der Waals surface area contributed by atoms with Gasteiger partial charge < -0.3 is 10.1 Å². The standard InChI is InChI=1S/C16H16N4O2/c1-2-22-15(21)8-7-14-9-10-18-16(20-14)19-13-5-3-12(11-17)4-6-13/h3-6,9-10H,2,7-8H2,1H3,(H,18,19,20). The Balaban J connectivity index is 1.98. The molecule has 0 unspecified atom stereocenters. The summed E-state index contributed by atoms with van der Waals surface area (Å²) in [6.45, 7) is 2.16. The van der Waals surface area contributed by atoms with Crippen molar-refractivity contribution in [3.63, 3.8) is 0 Å². The second kappa shape index (κ2) is 7.74. The molecule has 6 nitrogen and oxygen atoms in total. The van der Waals surface area contributed by atoms with Crippen molar-refractivity contribution < 1.29 is 9.53 Å². The quantitative estimate of drug-likeness (QED) is 0.824. The second-order valence-corrected chi connectivity index (χ2v) is 4.49. The van der Waals surface area contributed by atoms with Crippen molar-refractivity contribution in [2.75, 3.05) is 11.9 Å². The predicted octanol–water partition coefficient (Wildman–Crippen LogP) is 2.59. The van der Waals surface area contributed by atoms with Crippen LogP contribution in [0.3, 0.4) is 0 Å². The molecule has 0 aliphatic rings. The zero-order valence-electron chi connectivity index (χ0n) is 12.2. The average Bonchev–Trinajstić information content (AvgIpc) is 2.54. The van der Waals surface area contributed by atoms with Gasteiger partial charge >= 0.3 is 5.97 Å². The van der Waals surface area contributed by atoms with Crippen LogP contribution in [0.4, 0.5) is 11.6 Å². The molecule has 2 aromatic rings. The molecule has 0 spiro atoms. The topological polar surface area (TPSA) is 87.9 Å². The van der Waals surface area contributed by atoms with Crippen molar-refractivity contribution in [2.45, 2.75) is 19.8 Å². The molecule has 0 amide bonds. The lowest BCUT2D eigenvalue weighted by Crippen LogP contribution is -2.07. The number of benzene rings is 1. The molecule has 0 radical (unpaired) electrons. The van der Waals surface area contributed by atoms with E-state index in [1.165, 1.54) is 0 Å². The average molecular weight is 296 g/mol. The van der Waals surface area contributed by atoms with E-state index in [-0.39, 0.29) is 5.97 Å².